The molecule has 3 N–H and O–H groups in total. The second-order valence-electron chi connectivity index (χ2n) is 8.98. The van der Waals surface area contributed by atoms with Crippen LogP contribution in [0.4, 0.5) is 17.1 Å². The highest BCUT2D eigenvalue weighted by Crippen LogP contribution is 2.20. The summed E-state index contributed by atoms with van der Waals surface area (Å²) in [6.45, 7) is 8.59. The molecular formula is C26H37N3O3. The SMILES string of the molecule is CCCCCCCOc1cccc(NC(=O)CNc2cccc(NC(=O)C(C)(C)C)c2)c1. The van der Waals surface area contributed by atoms with Crippen LogP contribution in [0.5, 0.6) is 5.75 Å². The van der Waals surface area contributed by atoms with Crippen LogP contribution in [0.2, 0.25) is 0 Å². The largest absolute Gasteiger partial charge is 0.494 e. The first-order valence-corrected chi connectivity index (χ1v) is 11.5. The van der Waals surface area contributed by atoms with Gasteiger partial charge in [-0.2, -0.15) is 0 Å². The van der Waals surface area contributed by atoms with Crippen LogP contribution in [0.3, 0.4) is 0 Å². The number of hydrogen-bond donors (Lipinski definition) is 3. The van der Waals surface area contributed by atoms with Gasteiger partial charge < -0.3 is 20.7 Å². The van der Waals surface area contributed by atoms with Crippen molar-refractivity contribution >= 4 is 28.9 Å². The van der Waals surface area contributed by atoms with Crippen LogP contribution in [-0.2, 0) is 9.59 Å². The second-order valence-corrected chi connectivity index (χ2v) is 8.98. The zero-order valence-corrected chi connectivity index (χ0v) is 19.8. The number of hydrogen-bond acceptors (Lipinski definition) is 4. The summed E-state index contributed by atoms with van der Waals surface area (Å²) in [5, 5.41) is 8.88. The van der Waals surface area contributed by atoms with Crippen molar-refractivity contribution in [1.82, 2.24) is 0 Å². The summed E-state index contributed by atoms with van der Waals surface area (Å²) in [5.74, 6) is 0.537. The van der Waals surface area contributed by atoms with E-state index >= 15 is 0 Å². The van der Waals surface area contributed by atoms with Gasteiger partial charge in [-0.3, -0.25) is 9.59 Å². The molecule has 2 rings (SSSR count). The lowest BCUT2D eigenvalue weighted by molar-refractivity contribution is -0.123. The fourth-order valence-corrected chi connectivity index (χ4v) is 2.97. The minimum atomic E-state index is -0.476. The highest BCUT2D eigenvalue weighted by molar-refractivity contribution is 5.95. The predicted octanol–water partition coefficient (Wildman–Crippen LogP) is 6.07. The third-order valence-corrected chi connectivity index (χ3v) is 4.89. The number of amides is 2. The first-order chi connectivity index (χ1) is 15.3. The fraction of sp³-hybridized carbons (Fsp3) is 0.462. The Morgan fingerprint density at radius 1 is 0.844 bits per heavy atom. The number of rotatable bonds is 12. The number of benzene rings is 2. The number of anilines is 3. The average Bonchev–Trinajstić information content (AvgIpc) is 2.75. The van der Waals surface area contributed by atoms with Crippen molar-refractivity contribution in [1.29, 1.82) is 0 Å². The smallest absolute Gasteiger partial charge is 0.243 e. The maximum Gasteiger partial charge on any atom is 0.243 e. The van der Waals surface area contributed by atoms with E-state index < -0.39 is 5.41 Å². The molecule has 0 radical (unpaired) electrons. The quantitative estimate of drug-likeness (QED) is 0.351. The van der Waals surface area contributed by atoms with Gasteiger partial charge in [-0.15, -0.1) is 0 Å². The summed E-state index contributed by atoms with van der Waals surface area (Å²) in [6.07, 6.45) is 5.96. The first-order valence-electron chi connectivity index (χ1n) is 11.5. The van der Waals surface area contributed by atoms with Crippen LogP contribution in [0.1, 0.15) is 59.8 Å². The summed E-state index contributed by atoms with van der Waals surface area (Å²) in [4.78, 5) is 24.5. The van der Waals surface area contributed by atoms with Crippen LogP contribution in [0.15, 0.2) is 48.5 Å². The number of ether oxygens (including phenoxy) is 1. The minimum absolute atomic E-state index is 0.0598. The van der Waals surface area contributed by atoms with E-state index in [1.54, 1.807) is 0 Å². The van der Waals surface area contributed by atoms with Gasteiger partial charge in [0, 0.05) is 28.5 Å². The molecular weight excluding hydrogens is 402 g/mol. The van der Waals surface area contributed by atoms with Crippen molar-refractivity contribution in [2.75, 3.05) is 29.1 Å². The van der Waals surface area contributed by atoms with Crippen molar-refractivity contribution in [2.45, 2.75) is 59.8 Å². The second kappa shape index (κ2) is 12.7. The highest BCUT2D eigenvalue weighted by atomic mass is 16.5. The van der Waals surface area contributed by atoms with Crippen molar-refractivity contribution in [3.63, 3.8) is 0 Å². The molecule has 0 saturated carbocycles. The average molecular weight is 440 g/mol. The van der Waals surface area contributed by atoms with E-state index in [1.165, 1.54) is 25.7 Å². The van der Waals surface area contributed by atoms with Gasteiger partial charge in [0.2, 0.25) is 11.8 Å². The van der Waals surface area contributed by atoms with Crippen LogP contribution < -0.4 is 20.7 Å². The molecule has 2 aromatic rings. The van der Waals surface area contributed by atoms with Gasteiger partial charge in [-0.1, -0.05) is 65.5 Å². The van der Waals surface area contributed by atoms with Gasteiger partial charge in [0.1, 0.15) is 5.75 Å². The molecule has 2 aromatic carbocycles. The lowest BCUT2D eigenvalue weighted by Crippen LogP contribution is -2.27. The van der Waals surface area contributed by atoms with E-state index in [0.29, 0.717) is 18.0 Å². The third-order valence-electron chi connectivity index (χ3n) is 4.89. The Morgan fingerprint density at radius 3 is 2.22 bits per heavy atom. The van der Waals surface area contributed by atoms with E-state index in [4.69, 9.17) is 4.74 Å². The zero-order chi connectivity index (χ0) is 23.4. The monoisotopic (exact) mass is 439 g/mol. The van der Waals surface area contributed by atoms with Gasteiger partial charge in [-0.25, -0.2) is 0 Å². The molecule has 6 heteroatoms. The topological polar surface area (TPSA) is 79.5 Å². The molecule has 32 heavy (non-hydrogen) atoms. The van der Waals surface area contributed by atoms with E-state index in [-0.39, 0.29) is 18.4 Å². The number of carbonyl (C=O) groups excluding carboxylic acids is 2. The Bertz CT molecular complexity index is 875. The van der Waals surface area contributed by atoms with Crippen molar-refractivity contribution < 1.29 is 14.3 Å². The van der Waals surface area contributed by atoms with Crippen LogP contribution in [-0.4, -0.2) is 25.0 Å². The Hall–Kier alpha value is -3.02. The van der Waals surface area contributed by atoms with Crippen molar-refractivity contribution in [3.8, 4) is 5.75 Å². The lowest BCUT2D eigenvalue weighted by Gasteiger charge is -2.18. The van der Waals surface area contributed by atoms with Crippen molar-refractivity contribution in [3.05, 3.63) is 48.5 Å². The van der Waals surface area contributed by atoms with Crippen LogP contribution in [0, 0.1) is 5.41 Å². The Kier molecular flexibility index (Phi) is 10.1. The fourth-order valence-electron chi connectivity index (χ4n) is 2.97. The highest BCUT2D eigenvalue weighted by Gasteiger charge is 2.21. The van der Waals surface area contributed by atoms with Gasteiger partial charge in [0.25, 0.3) is 0 Å². The minimum Gasteiger partial charge on any atom is -0.494 e. The predicted molar refractivity (Wildman–Crippen MR) is 132 cm³/mol. The first kappa shape index (κ1) is 25.2. The van der Waals surface area contributed by atoms with Gasteiger partial charge in [-0.05, 0) is 36.8 Å². The molecule has 174 valence electrons. The molecule has 0 saturated heterocycles. The third kappa shape index (κ3) is 9.41. The lowest BCUT2D eigenvalue weighted by atomic mass is 9.95. The summed E-state index contributed by atoms with van der Waals surface area (Å²) < 4.78 is 5.80. The summed E-state index contributed by atoms with van der Waals surface area (Å²) in [6, 6.07) is 14.8. The van der Waals surface area contributed by atoms with Crippen molar-refractivity contribution in [2.24, 2.45) is 5.41 Å². The molecule has 0 heterocycles. The molecule has 2 amide bonds. The number of carbonyl (C=O) groups is 2. The Morgan fingerprint density at radius 2 is 1.50 bits per heavy atom. The molecule has 0 fully saturated rings. The summed E-state index contributed by atoms with van der Waals surface area (Å²) in [7, 11) is 0. The maximum absolute atomic E-state index is 12.4. The number of nitrogens with one attached hydrogen (secondary N) is 3. The summed E-state index contributed by atoms with van der Waals surface area (Å²) >= 11 is 0. The molecule has 0 aliphatic carbocycles. The molecule has 6 nitrogen and oxygen atoms in total. The summed E-state index contributed by atoms with van der Waals surface area (Å²) in [5.41, 5.74) is 1.67. The van der Waals surface area contributed by atoms with Gasteiger partial charge in [0.05, 0.1) is 13.2 Å². The molecule has 0 atom stereocenters. The molecule has 0 aliphatic rings. The molecule has 0 unspecified atom stereocenters. The maximum atomic E-state index is 12.4. The zero-order valence-electron chi connectivity index (χ0n) is 19.8. The van der Waals surface area contributed by atoms with E-state index in [0.717, 1.165) is 17.9 Å². The molecule has 0 bridgehead atoms. The van der Waals surface area contributed by atoms with E-state index in [2.05, 4.69) is 22.9 Å². The molecule has 0 aliphatic heterocycles. The van der Waals surface area contributed by atoms with E-state index in [9.17, 15) is 9.59 Å². The normalized spacial score (nSPS) is 11.0. The standard InChI is InChI=1S/C26H37N3O3/c1-5-6-7-8-9-16-32-23-15-11-14-22(18-23)28-24(30)19-27-20-12-10-13-21(17-20)29-25(31)26(2,3)4/h10-15,17-18,27H,5-9,16,19H2,1-4H3,(H,28,30)(H,29,31). The molecule has 0 spiro atoms. The number of unbranched alkanes of at least 4 members (excludes halogenated alkanes) is 4. The Balaban J connectivity index is 1.79. The van der Waals surface area contributed by atoms with E-state index in [1.807, 2.05) is 69.3 Å². The molecule has 0 aromatic heterocycles. The Labute approximate surface area is 192 Å². The van der Waals surface area contributed by atoms with Gasteiger partial charge >= 0.3 is 0 Å². The van der Waals surface area contributed by atoms with Crippen LogP contribution in [0.25, 0.3) is 0 Å². The van der Waals surface area contributed by atoms with Crippen LogP contribution >= 0.6 is 0 Å². The van der Waals surface area contributed by atoms with Gasteiger partial charge in [0.15, 0.2) is 0 Å².